The molecule has 142 valence electrons. The number of para-hydroxylation sites is 2. The minimum absolute atomic E-state index is 0.360. The highest BCUT2D eigenvalue weighted by Gasteiger charge is 2.32. The first-order valence-electron chi connectivity index (χ1n) is 11.4. The van der Waals surface area contributed by atoms with Crippen molar-refractivity contribution in [2.24, 2.45) is 0 Å². The Morgan fingerprint density at radius 2 is 1.48 bits per heavy atom. The fourth-order valence-electron chi connectivity index (χ4n) is 4.67. The minimum atomic E-state index is -2.24. The fraction of sp³-hybridized carbons (Fsp3) is 0.154. The summed E-state index contributed by atoms with van der Waals surface area (Å²) in [5.41, 5.74) is 5.28. The lowest BCUT2D eigenvalue weighted by atomic mass is 10.0. The first kappa shape index (κ1) is 13.7. The van der Waals surface area contributed by atoms with Crippen LogP contribution in [0, 0.1) is 6.92 Å². The molecule has 1 aliphatic heterocycles. The molecule has 29 heavy (non-hydrogen) atoms. The summed E-state index contributed by atoms with van der Waals surface area (Å²) in [7, 11) is 0. The lowest BCUT2D eigenvalue weighted by Crippen LogP contribution is -2.35. The summed E-state index contributed by atoms with van der Waals surface area (Å²) >= 11 is 0. The van der Waals surface area contributed by atoms with Crippen LogP contribution in [-0.2, 0) is 0 Å². The summed E-state index contributed by atoms with van der Waals surface area (Å²) in [6, 6.07) is 24.3. The van der Waals surface area contributed by atoms with Crippen LogP contribution >= 0.6 is 0 Å². The summed E-state index contributed by atoms with van der Waals surface area (Å²) in [4.78, 5) is 3.61. The number of hydrogen-bond acceptors (Lipinski definition) is 3. The van der Waals surface area contributed by atoms with Gasteiger partial charge in [0.05, 0.1) is 11.4 Å². The molecule has 0 spiro atoms. The number of nitrogens with zero attached hydrogens (tertiary/aromatic N) is 2. The molecule has 1 aromatic heterocycles. The third-order valence-electron chi connectivity index (χ3n) is 6.16. The van der Waals surface area contributed by atoms with Crippen LogP contribution in [0.4, 0.5) is 17.1 Å². The van der Waals surface area contributed by atoms with Gasteiger partial charge in [-0.3, -0.25) is 0 Å². The van der Waals surface area contributed by atoms with Crippen molar-refractivity contribution in [1.29, 1.82) is 0 Å². The van der Waals surface area contributed by atoms with Crippen molar-refractivity contribution >= 4 is 49.8 Å². The van der Waals surface area contributed by atoms with Crippen LogP contribution in [0.3, 0.4) is 0 Å². The van der Waals surface area contributed by atoms with Gasteiger partial charge in [0, 0.05) is 38.5 Å². The second-order valence-corrected chi connectivity index (χ2v) is 7.71. The van der Waals surface area contributed by atoms with Crippen LogP contribution in [-0.4, -0.2) is 13.1 Å². The average Bonchev–Trinajstić information content (AvgIpc) is 3.29. The van der Waals surface area contributed by atoms with Crippen LogP contribution in [0.15, 0.2) is 77.2 Å². The lowest BCUT2D eigenvalue weighted by Gasteiger charge is -2.29. The second kappa shape index (κ2) is 5.77. The van der Waals surface area contributed by atoms with Crippen molar-refractivity contribution in [2.45, 2.75) is 20.0 Å². The predicted octanol–water partition coefficient (Wildman–Crippen LogP) is 6.98. The number of fused-ring (bicyclic) bond motifs is 6. The molecule has 5 aromatic rings. The molecule has 1 atom stereocenters. The molecule has 0 radical (unpaired) electrons. The van der Waals surface area contributed by atoms with Gasteiger partial charge in [-0.05, 0) is 49.6 Å². The van der Waals surface area contributed by atoms with E-state index in [-0.39, 0.29) is 6.17 Å². The van der Waals surface area contributed by atoms with E-state index < -0.39 is 6.98 Å². The molecule has 4 aromatic carbocycles. The first-order valence-corrected chi connectivity index (χ1v) is 9.87. The molecule has 0 aliphatic carbocycles. The summed E-state index contributed by atoms with van der Waals surface area (Å²) < 4.78 is 30.7. The molecule has 0 fully saturated rings. The van der Waals surface area contributed by atoms with Crippen LogP contribution in [0.1, 0.15) is 16.6 Å². The van der Waals surface area contributed by atoms with E-state index in [1.807, 2.05) is 43.3 Å². The summed E-state index contributed by atoms with van der Waals surface area (Å²) in [6.45, 7) is 1.75. The van der Waals surface area contributed by atoms with Crippen molar-refractivity contribution in [3.63, 3.8) is 0 Å². The number of anilines is 3. The molecule has 3 nitrogen and oxygen atoms in total. The highest BCUT2D eigenvalue weighted by atomic mass is 16.3. The number of hydrogen-bond donors (Lipinski definition) is 0. The second-order valence-electron chi connectivity index (χ2n) is 7.71. The summed E-state index contributed by atoms with van der Waals surface area (Å²) in [5.74, 6) is 0. The van der Waals surface area contributed by atoms with E-state index >= 15 is 0 Å². The van der Waals surface area contributed by atoms with Gasteiger partial charge in [-0.1, -0.05) is 42.5 Å². The van der Waals surface area contributed by atoms with Gasteiger partial charge in [0.25, 0.3) is 0 Å². The zero-order valence-corrected chi connectivity index (χ0v) is 16.3. The van der Waals surface area contributed by atoms with Gasteiger partial charge >= 0.3 is 0 Å². The summed E-state index contributed by atoms with van der Waals surface area (Å²) in [5, 5.41) is 4.40. The van der Waals surface area contributed by atoms with E-state index in [1.54, 1.807) is 0 Å². The third-order valence-corrected chi connectivity index (χ3v) is 6.16. The van der Waals surface area contributed by atoms with E-state index in [0.717, 1.165) is 55.3 Å². The highest BCUT2D eigenvalue weighted by Crippen LogP contribution is 2.46. The molecule has 0 unspecified atom stereocenters. The maximum absolute atomic E-state index is 8.09. The Morgan fingerprint density at radius 1 is 0.759 bits per heavy atom. The number of rotatable bonds is 1. The number of aryl methyl sites for hydroxylation is 1. The Morgan fingerprint density at radius 3 is 2.34 bits per heavy atom. The van der Waals surface area contributed by atoms with Crippen molar-refractivity contribution in [3.8, 4) is 0 Å². The van der Waals surface area contributed by atoms with Gasteiger partial charge in [-0.15, -0.1) is 0 Å². The van der Waals surface area contributed by atoms with Gasteiger partial charge < -0.3 is 14.2 Å². The zero-order valence-electron chi connectivity index (χ0n) is 19.3. The normalized spacial score (nSPS) is 18.3. The smallest absolute Gasteiger partial charge is 0.143 e. The van der Waals surface area contributed by atoms with E-state index in [9.17, 15) is 0 Å². The maximum Gasteiger partial charge on any atom is 0.143 e. The molecule has 0 saturated heterocycles. The Labute approximate surface area is 174 Å². The topological polar surface area (TPSA) is 19.6 Å². The van der Waals surface area contributed by atoms with Crippen LogP contribution < -0.4 is 9.80 Å². The quantitative estimate of drug-likeness (QED) is 0.312. The van der Waals surface area contributed by atoms with E-state index in [1.165, 1.54) is 4.90 Å². The molecule has 0 saturated carbocycles. The van der Waals surface area contributed by atoms with Gasteiger partial charge in [0.15, 0.2) is 0 Å². The molecule has 0 bridgehead atoms. The zero-order chi connectivity index (χ0) is 22.2. The average molecular weight is 381 g/mol. The van der Waals surface area contributed by atoms with Crippen LogP contribution in [0.5, 0.6) is 0 Å². The van der Waals surface area contributed by atoms with E-state index in [4.69, 9.17) is 8.53 Å². The van der Waals surface area contributed by atoms with Crippen molar-refractivity contribution < 1.29 is 8.53 Å². The molecule has 0 N–H and O–H groups in total. The van der Waals surface area contributed by atoms with Gasteiger partial charge in [-0.2, -0.15) is 0 Å². The Kier molecular flexibility index (Phi) is 2.72. The van der Waals surface area contributed by atoms with E-state index in [0.29, 0.717) is 0 Å². The first-order chi connectivity index (χ1) is 15.4. The Hall–Kier alpha value is -3.46. The molecule has 0 amide bonds. The standard InChI is InChI=1S/C26H22N2O/c1-16-22(28-17(2)27(3)23-10-6-7-11-24(23)28)15-14-20-21-13-12-18-8-4-5-9-19(18)26(21)29-25(16)20/h4-15,17H,1-3H3/t17-/m0/s1/i3D3. The molecule has 1 aliphatic rings. The van der Waals surface area contributed by atoms with E-state index in [2.05, 4.69) is 48.2 Å². The molecule has 3 heteroatoms. The molecule has 2 heterocycles. The van der Waals surface area contributed by atoms with Crippen LogP contribution in [0.2, 0.25) is 0 Å². The Balaban J connectivity index is 1.59. The van der Waals surface area contributed by atoms with Crippen molar-refractivity contribution in [3.05, 3.63) is 78.4 Å². The number of furan rings is 1. The van der Waals surface area contributed by atoms with Gasteiger partial charge in [0.2, 0.25) is 0 Å². The molecule has 6 rings (SSSR count). The highest BCUT2D eigenvalue weighted by molar-refractivity contribution is 6.16. The SMILES string of the molecule is [2H]C([2H])([2H])N1c2ccccc2N(c2ccc3c(oc4c5ccccc5ccc34)c2C)[C@H]1C. The Bertz CT molecular complexity index is 1520. The molecular weight excluding hydrogens is 356 g/mol. The van der Waals surface area contributed by atoms with Crippen molar-refractivity contribution in [2.75, 3.05) is 16.8 Å². The third kappa shape index (κ3) is 2.13. The van der Waals surface area contributed by atoms with Gasteiger partial charge in [-0.25, -0.2) is 0 Å². The number of benzene rings is 4. The van der Waals surface area contributed by atoms with Crippen LogP contribution in [0.25, 0.3) is 32.7 Å². The lowest BCUT2D eigenvalue weighted by molar-refractivity contribution is 0.668. The monoisotopic (exact) mass is 381 g/mol. The van der Waals surface area contributed by atoms with Gasteiger partial charge in [0.1, 0.15) is 17.3 Å². The summed E-state index contributed by atoms with van der Waals surface area (Å²) in [6.07, 6.45) is -0.360. The maximum atomic E-state index is 8.09. The molecular formula is C26H22N2O. The fourth-order valence-corrected chi connectivity index (χ4v) is 4.67. The minimum Gasteiger partial charge on any atom is -0.455 e. The predicted molar refractivity (Wildman–Crippen MR) is 122 cm³/mol. The largest absolute Gasteiger partial charge is 0.455 e. The van der Waals surface area contributed by atoms with Crippen molar-refractivity contribution in [1.82, 2.24) is 0 Å².